The number of amides is 2. The molecule has 0 unspecified atom stereocenters. The van der Waals surface area contributed by atoms with Gasteiger partial charge >= 0.3 is 0 Å². The van der Waals surface area contributed by atoms with E-state index < -0.39 is 0 Å². The second-order valence-corrected chi connectivity index (χ2v) is 7.56. The van der Waals surface area contributed by atoms with Crippen LogP contribution in [0.3, 0.4) is 0 Å². The number of hydrogen-bond donors (Lipinski definition) is 2. The minimum Gasteiger partial charge on any atom is -0.352 e. The second kappa shape index (κ2) is 10.0. The Morgan fingerprint density at radius 3 is 2.52 bits per heavy atom. The molecule has 0 saturated heterocycles. The van der Waals surface area contributed by atoms with Crippen LogP contribution in [0, 0.1) is 13.8 Å². The summed E-state index contributed by atoms with van der Waals surface area (Å²) < 4.78 is 1.94. The smallest absolute Gasteiger partial charge is 0.251 e. The second-order valence-electron chi connectivity index (χ2n) is 7.56. The summed E-state index contributed by atoms with van der Waals surface area (Å²) in [6.45, 7) is 7.29. The van der Waals surface area contributed by atoms with E-state index in [1.54, 1.807) is 24.3 Å². The quantitative estimate of drug-likeness (QED) is 0.587. The number of anilines is 1. The zero-order valence-electron chi connectivity index (χ0n) is 18.5. The van der Waals surface area contributed by atoms with Crippen LogP contribution in [0.1, 0.15) is 34.2 Å². The van der Waals surface area contributed by atoms with Gasteiger partial charge in [-0.15, -0.1) is 0 Å². The van der Waals surface area contributed by atoms with Crippen molar-refractivity contribution in [3.8, 4) is 5.69 Å². The molecule has 7 nitrogen and oxygen atoms in total. The Hall–Kier alpha value is -3.45. The van der Waals surface area contributed by atoms with Gasteiger partial charge < -0.3 is 10.6 Å². The Bertz CT molecular complexity index is 1060. The minimum absolute atomic E-state index is 0.138. The number of nitrogens with zero attached hydrogens (tertiary/aromatic N) is 3. The number of aromatic nitrogens is 2. The van der Waals surface area contributed by atoms with Crippen LogP contribution >= 0.6 is 0 Å². The van der Waals surface area contributed by atoms with Gasteiger partial charge in [-0.1, -0.05) is 24.3 Å². The van der Waals surface area contributed by atoms with Gasteiger partial charge in [-0.05, 0) is 58.2 Å². The summed E-state index contributed by atoms with van der Waals surface area (Å²) in [5.74, 6) is -0.293. The molecule has 31 heavy (non-hydrogen) atoms. The van der Waals surface area contributed by atoms with Crippen molar-refractivity contribution in [3.63, 3.8) is 0 Å². The highest BCUT2D eigenvalue weighted by atomic mass is 16.2. The summed E-state index contributed by atoms with van der Waals surface area (Å²) in [7, 11) is 1.91. The molecule has 0 aliphatic carbocycles. The summed E-state index contributed by atoms with van der Waals surface area (Å²) in [4.78, 5) is 26.5. The van der Waals surface area contributed by atoms with Gasteiger partial charge in [0.15, 0.2) is 0 Å². The molecule has 0 aliphatic rings. The first-order valence-electron chi connectivity index (χ1n) is 10.4. The molecule has 2 aromatic carbocycles. The fraction of sp³-hybridized carbons (Fsp3) is 0.292. The predicted molar refractivity (Wildman–Crippen MR) is 122 cm³/mol. The molecular weight excluding hydrogens is 390 g/mol. The Morgan fingerprint density at radius 2 is 1.81 bits per heavy atom. The fourth-order valence-electron chi connectivity index (χ4n) is 3.50. The maximum atomic E-state index is 12.5. The molecule has 3 rings (SSSR count). The number of likely N-dealkylation sites (N-methyl/N-ethyl adjacent to an activating group) is 1. The van der Waals surface area contributed by atoms with Crippen molar-refractivity contribution in [1.82, 2.24) is 20.0 Å². The normalized spacial score (nSPS) is 10.9. The summed E-state index contributed by atoms with van der Waals surface area (Å²) in [5.41, 5.74) is 5.26. The summed E-state index contributed by atoms with van der Waals surface area (Å²) >= 11 is 0. The third-order valence-electron chi connectivity index (χ3n) is 5.03. The molecule has 0 aliphatic heterocycles. The highest BCUT2D eigenvalue weighted by molar-refractivity contribution is 5.97. The SMILES string of the molecule is CCNC(=O)c1cccc(NC(=O)CN(C)Cc2c(C)nn(-c3ccccc3)c2C)c1. The van der Waals surface area contributed by atoms with Crippen LogP contribution in [0.15, 0.2) is 54.6 Å². The van der Waals surface area contributed by atoms with E-state index in [4.69, 9.17) is 0 Å². The number of carbonyl (C=O) groups excluding carboxylic acids is 2. The Kier molecular flexibility index (Phi) is 7.20. The zero-order chi connectivity index (χ0) is 22.4. The molecule has 2 amide bonds. The van der Waals surface area contributed by atoms with Crippen LogP contribution in [-0.2, 0) is 11.3 Å². The van der Waals surface area contributed by atoms with Gasteiger partial charge in [-0.2, -0.15) is 5.10 Å². The number of hydrogen-bond acceptors (Lipinski definition) is 4. The Labute approximate surface area is 183 Å². The van der Waals surface area contributed by atoms with E-state index in [1.165, 1.54) is 0 Å². The standard InChI is InChI=1S/C24H29N5O2/c1-5-25-24(31)19-10-9-11-20(14-19)26-23(30)16-28(4)15-22-17(2)27-29(18(22)3)21-12-7-6-8-13-21/h6-14H,5,15-16H2,1-4H3,(H,25,31)(H,26,30). The van der Waals surface area contributed by atoms with Crippen molar-refractivity contribution in [2.24, 2.45) is 0 Å². The van der Waals surface area contributed by atoms with E-state index >= 15 is 0 Å². The van der Waals surface area contributed by atoms with Crippen molar-refractivity contribution in [2.75, 3.05) is 25.5 Å². The topological polar surface area (TPSA) is 79.3 Å². The molecule has 0 radical (unpaired) electrons. The number of carbonyl (C=O) groups is 2. The van der Waals surface area contributed by atoms with Gasteiger partial charge in [-0.25, -0.2) is 4.68 Å². The van der Waals surface area contributed by atoms with Crippen LogP contribution in [0.5, 0.6) is 0 Å². The first-order valence-corrected chi connectivity index (χ1v) is 10.4. The first kappa shape index (κ1) is 22.2. The zero-order valence-corrected chi connectivity index (χ0v) is 18.5. The molecule has 0 saturated carbocycles. The van der Waals surface area contributed by atoms with Crippen molar-refractivity contribution in [2.45, 2.75) is 27.3 Å². The molecular formula is C24H29N5O2. The molecule has 3 aromatic rings. The van der Waals surface area contributed by atoms with Crippen LogP contribution in [0.25, 0.3) is 5.69 Å². The Balaban J connectivity index is 1.63. The lowest BCUT2D eigenvalue weighted by Gasteiger charge is -2.17. The number of rotatable bonds is 8. The highest BCUT2D eigenvalue weighted by Gasteiger charge is 2.16. The van der Waals surface area contributed by atoms with Gasteiger partial charge in [0, 0.05) is 35.6 Å². The maximum Gasteiger partial charge on any atom is 0.251 e. The van der Waals surface area contributed by atoms with Crippen LogP contribution < -0.4 is 10.6 Å². The molecule has 0 spiro atoms. The van der Waals surface area contributed by atoms with Crippen LogP contribution in [0.4, 0.5) is 5.69 Å². The van der Waals surface area contributed by atoms with E-state index in [2.05, 4.69) is 15.7 Å². The van der Waals surface area contributed by atoms with E-state index in [-0.39, 0.29) is 18.4 Å². The molecule has 0 bridgehead atoms. The lowest BCUT2D eigenvalue weighted by molar-refractivity contribution is -0.117. The van der Waals surface area contributed by atoms with E-state index in [1.807, 2.05) is 67.7 Å². The van der Waals surface area contributed by atoms with E-state index in [9.17, 15) is 9.59 Å². The first-order chi connectivity index (χ1) is 14.9. The minimum atomic E-state index is -0.155. The highest BCUT2D eigenvalue weighted by Crippen LogP contribution is 2.19. The summed E-state index contributed by atoms with van der Waals surface area (Å²) in [6.07, 6.45) is 0. The van der Waals surface area contributed by atoms with Crippen LogP contribution in [0.2, 0.25) is 0 Å². The third kappa shape index (κ3) is 5.58. The maximum absolute atomic E-state index is 12.5. The third-order valence-corrected chi connectivity index (χ3v) is 5.03. The van der Waals surface area contributed by atoms with Gasteiger partial charge in [0.2, 0.25) is 5.91 Å². The van der Waals surface area contributed by atoms with Gasteiger partial charge in [-0.3, -0.25) is 14.5 Å². The molecule has 7 heteroatoms. The molecule has 1 aromatic heterocycles. The van der Waals surface area contributed by atoms with Gasteiger partial charge in [0.1, 0.15) is 0 Å². The van der Waals surface area contributed by atoms with Crippen molar-refractivity contribution in [3.05, 3.63) is 77.1 Å². The molecule has 0 fully saturated rings. The van der Waals surface area contributed by atoms with E-state index in [0.29, 0.717) is 24.3 Å². The average Bonchev–Trinajstić information content (AvgIpc) is 3.03. The van der Waals surface area contributed by atoms with Crippen molar-refractivity contribution in [1.29, 1.82) is 0 Å². The fourth-order valence-corrected chi connectivity index (χ4v) is 3.50. The lowest BCUT2D eigenvalue weighted by atomic mass is 10.1. The van der Waals surface area contributed by atoms with Gasteiger partial charge in [0.05, 0.1) is 17.9 Å². The summed E-state index contributed by atoms with van der Waals surface area (Å²) in [6, 6.07) is 16.9. The number of para-hydroxylation sites is 1. The van der Waals surface area contributed by atoms with E-state index in [0.717, 1.165) is 22.6 Å². The predicted octanol–water partition coefficient (Wildman–Crippen LogP) is 3.31. The molecule has 2 N–H and O–H groups in total. The molecule has 162 valence electrons. The number of aryl methyl sites for hydroxylation is 1. The van der Waals surface area contributed by atoms with Crippen molar-refractivity contribution < 1.29 is 9.59 Å². The Morgan fingerprint density at radius 1 is 1.06 bits per heavy atom. The molecule has 1 heterocycles. The monoisotopic (exact) mass is 419 g/mol. The largest absolute Gasteiger partial charge is 0.352 e. The van der Waals surface area contributed by atoms with Gasteiger partial charge in [0.25, 0.3) is 5.91 Å². The summed E-state index contributed by atoms with van der Waals surface area (Å²) in [5, 5.41) is 10.3. The number of nitrogens with one attached hydrogen (secondary N) is 2. The molecule has 0 atom stereocenters. The lowest BCUT2D eigenvalue weighted by Crippen LogP contribution is -2.30. The number of benzene rings is 2. The van der Waals surface area contributed by atoms with Crippen molar-refractivity contribution >= 4 is 17.5 Å². The van der Waals surface area contributed by atoms with Crippen LogP contribution in [-0.4, -0.2) is 46.6 Å². The average molecular weight is 420 g/mol.